The van der Waals surface area contributed by atoms with E-state index in [1.807, 2.05) is 0 Å². The molecule has 0 aliphatic carbocycles. The SMILES string of the molecule is Cn1nccc1NS(=O)(=O)c1ccc(O)c([N+](=O)[O-])c1. The lowest BCUT2D eigenvalue weighted by molar-refractivity contribution is -0.386. The fraction of sp³-hybridized carbons (Fsp3) is 0.100. The Labute approximate surface area is 113 Å². The van der Waals surface area contributed by atoms with Gasteiger partial charge < -0.3 is 5.11 Å². The molecule has 0 unspecified atom stereocenters. The zero-order valence-electron chi connectivity index (χ0n) is 10.2. The van der Waals surface area contributed by atoms with Crippen molar-refractivity contribution in [2.45, 2.75) is 4.90 Å². The largest absolute Gasteiger partial charge is 0.502 e. The number of nitrogens with zero attached hydrogens (tertiary/aromatic N) is 3. The molecule has 106 valence electrons. The molecule has 0 aliphatic rings. The molecule has 0 amide bonds. The Morgan fingerprint density at radius 2 is 2.10 bits per heavy atom. The Bertz CT molecular complexity index is 768. The Kier molecular flexibility index (Phi) is 3.32. The van der Waals surface area contributed by atoms with Crippen LogP contribution >= 0.6 is 0 Å². The fourth-order valence-corrected chi connectivity index (χ4v) is 2.59. The van der Waals surface area contributed by atoms with Crippen molar-refractivity contribution in [3.8, 4) is 5.75 Å². The quantitative estimate of drug-likeness (QED) is 0.635. The third-order valence-electron chi connectivity index (χ3n) is 2.51. The molecule has 0 radical (unpaired) electrons. The first kappa shape index (κ1) is 13.8. The van der Waals surface area contributed by atoms with Crippen LogP contribution in [0.4, 0.5) is 11.5 Å². The summed E-state index contributed by atoms with van der Waals surface area (Å²) in [6.45, 7) is 0. The number of hydrogen-bond acceptors (Lipinski definition) is 6. The average Bonchev–Trinajstić information content (AvgIpc) is 2.74. The number of nitro groups is 1. The number of sulfonamides is 1. The summed E-state index contributed by atoms with van der Waals surface area (Å²) in [5.74, 6) is -0.393. The van der Waals surface area contributed by atoms with E-state index in [4.69, 9.17) is 0 Å². The molecule has 1 aromatic carbocycles. The first-order chi connectivity index (χ1) is 9.31. The van der Waals surface area contributed by atoms with E-state index < -0.39 is 26.4 Å². The number of nitro benzene ring substituents is 1. The predicted molar refractivity (Wildman–Crippen MR) is 68.8 cm³/mol. The molecular formula is C10H10N4O5S. The number of nitrogens with one attached hydrogen (secondary N) is 1. The van der Waals surface area contributed by atoms with Gasteiger partial charge in [-0.3, -0.25) is 19.5 Å². The highest BCUT2D eigenvalue weighted by Gasteiger charge is 2.21. The molecule has 0 bridgehead atoms. The minimum absolute atomic E-state index is 0.209. The van der Waals surface area contributed by atoms with E-state index in [2.05, 4.69) is 9.82 Å². The summed E-state index contributed by atoms with van der Waals surface area (Å²) in [7, 11) is -2.47. The molecule has 0 atom stereocenters. The van der Waals surface area contributed by atoms with Crippen LogP contribution in [0.5, 0.6) is 5.75 Å². The van der Waals surface area contributed by atoms with Gasteiger partial charge in [0.15, 0.2) is 5.75 Å². The van der Waals surface area contributed by atoms with Gasteiger partial charge in [0.25, 0.3) is 10.0 Å². The molecule has 9 nitrogen and oxygen atoms in total. The molecule has 10 heteroatoms. The summed E-state index contributed by atoms with van der Waals surface area (Å²) >= 11 is 0. The van der Waals surface area contributed by atoms with Gasteiger partial charge in [0, 0.05) is 19.2 Å². The normalized spacial score (nSPS) is 11.2. The van der Waals surface area contributed by atoms with Crippen LogP contribution in [0.1, 0.15) is 0 Å². The topological polar surface area (TPSA) is 127 Å². The minimum Gasteiger partial charge on any atom is -0.502 e. The molecule has 0 saturated carbocycles. The maximum atomic E-state index is 12.1. The van der Waals surface area contributed by atoms with Crippen molar-refractivity contribution in [3.05, 3.63) is 40.6 Å². The van der Waals surface area contributed by atoms with Crippen LogP contribution in [0.15, 0.2) is 35.4 Å². The molecule has 2 rings (SSSR count). The third-order valence-corrected chi connectivity index (χ3v) is 3.87. The third kappa shape index (κ3) is 2.54. The molecule has 2 aromatic rings. The van der Waals surface area contributed by atoms with E-state index in [-0.39, 0.29) is 10.7 Å². The summed E-state index contributed by atoms with van der Waals surface area (Å²) in [6.07, 6.45) is 1.40. The smallest absolute Gasteiger partial charge is 0.312 e. The molecule has 1 aromatic heterocycles. The highest BCUT2D eigenvalue weighted by molar-refractivity contribution is 7.92. The van der Waals surface area contributed by atoms with Crippen molar-refractivity contribution in [3.63, 3.8) is 0 Å². The van der Waals surface area contributed by atoms with Crippen LogP contribution in [-0.2, 0) is 17.1 Å². The van der Waals surface area contributed by atoms with Crippen LogP contribution in [0.3, 0.4) is 0 Å². The number of hydrogen-bond donors (Lipinski definition) is 2. The summed E-state index contributed by atoms with van der Waals surface area (Å²) < 4.78 is 27.7. The number of aromatic hydroxyl groups is 1. The molecule has 2 N–H and O–H groups in total. The van der Waals surface area contributed by atoms with Crippen LogP contribution in [0.25, 0.3) is 0 Å². The zero-order chi connectivity index (χ0) is 14.9. The van der Waals surface area contributed by atoms with Crippen molar-refractivity contribution >= 4 is 21.5 Å². The number of anilines is 1. The van der Waals surface area contributed by atoms with E-state index in [0.717, 1.165) is 18.2 Å². The number of benzene rings is 1. The Balaban J connectivity index is 2.42. The van der Waals surface area contributed by atoms with E-state index >= 15 is 0 Å². The van der Waals surface area contributed by atoms with Gasteiger partial charge in [-0.15, -0.1) is 0 Å². The highest BCUT2D eigenvalue weighted by atomic mass is 32.2. The second-order valence-electron chi connectivity index (χ2n) is 3.85. The number of phenols is 1. The van der Waals surface area contributed by atoms with Gasteiger partial charge in [-0.25, -0.2) is 8.42 Å². The zero-order valence-corrected chi connectivity index (χ0v) is 11.0. The molecule has 0 saturated heterocycles. The molecule has 1 heterocycles. The van der Waals surface area contributed by atoms with Gasteiger partial charge in [0.1, 0.15) is 5.82 Å². The van der Waals surface area contributed by atoms with Gasteiger partial charge in [0.05, 0.1) is 16.0 Å². The maximum absolute atomic E-state index is 12.1. The number of aryl methyl sites for hydroxylation is 1. The second kappa shape index (κ2) is 4.81. The second-order valence-corrected chi connectivity index (χ2v) is 5.54. The maximum Gasteiger partial charge on any atom is 0.312 e. The van der Waals surface area contributed by atoms with Crippen molar-refractivity contribution in [1.82, 2.24) is 9.78 Å². The minimum atomic E-state index is -4.00. The number of rotatable bonds is 4. The van der Waals surface area contributed by atoms with Crippen LogP contribution in [-0.4, -0.2) is 28.2 Å². The van der Waals surface area contributed by atoms with Crippen LogP contribution in [0, 0.1) is 10.1 Å². The molecule has 0 fully saturated rings. The molecule has 20 heavy (non-hydrogen) atoms. The van der Waals surface area contributed by atoms with Gasteiger partial charge in [-0.05, 0) is 12.1 Å². The van der Waals surface area contributed by atoms with Crippen LogP contribution in [0.2, 0.25) is 0 Å². The lowest BCUT2D eigenvalue weighted by Gasteiger charge is -2.08. The lowest BCUT2D eigenvalue weighted by Crippen LogP contribution is -2.15. The van der Waals surface area contributed by atoms with E-state index in [1.165, 1.54) is 24.0 Å². The van der Waals surface area contributed by atoms with Crippen molar-refractivity contribution < 1.29 is 18.4 Å². The van der Waals surface area contributed by atoms with Gasteiger partial charge in [-0.2, -0.15) is 5.10 Å². The lowest BCUT2D eigenvalue weighted by atomic mass is 10.3. The van der Waals surface area contributed by atoms with E-state index in [1.54, 1.807) is 0 Å². The van der Waals surface area contributed by atoms with Gasteiger partial charge in [0.2, 0.25) is 0 Å². The molecule has 0 spiro atoms. The van der Waals surface area contributed by atoms with E-state index in [0.29, 0.717) is 0 Å². The summed E-state index contributed by atoms with van der Waals surface area (Å²) in [5.41, 5.74) is -0.683. The Hall–Kier alpha value is -2.62. The first-order valence-corrected chi connectivity index (χ1v) is 6.78. The van der Waals surface area contributed by atoms with Gasteiger partial charge in [-0.1, -0.05) is 0 Å². The van der Waals surface area contributed by atoms with Crippen molar-refractivity contribution in [1.29, 1.82) is 0 Å². The molecule has 0 aliphatic heterocycles. The van der Waals surface area contributed by atoms with Crippen molar-refractivity contribution in [2.75, 3.05) is 4.72 Å². The summed E-state index contributed by atoms with van der Waals surface area (Å²) in [5, 5.41) is 23.8. The summed E-state index contributed by atoms with van der Waals surface area (Å²) in [6, 6.07) is 4.25. The Morgan fingerprint density at radius 3 is 2.65 bits per heavy atom. The average molecular weight is 298 g/mol. The summed E-state index contributed by atoms with van der Waals surface area (Å²) in [4.78, 5) is 9.50. The first-order valence-electron chi connectivity index (χ1n) is 5.29. The Morgan fingerprint density at radius 1 is 1.40 bits per heavy atom. The number of aromatic nitrogens is 2. The monoisotopic (exact) mass is 298 g/mol. The highest BCUT2D eigenvalue weighted by Crippen LogP contribution is 2.28. The standard InChI is InChI=1S/C10H10N4O5S/c1-13-10(4-5-11-13)12-20(18,19)7-2-3-9(15)8(6-7)14(16)17/h2-6,12,15H,1H3. The predicted octanol–water partition coefficient (Wildman–Crippen LogP) is 0.835. The molecular weight excluding hydrogens is 288 g/mol. The fourth-order valence-electron chi connectivity index (χ4n) is 1.49. The van der Waals surface area contributed by atoms with Gasteiger partial charge >= 0.3 is 5.69 Å². The van der Waals surface area contributed by atoms with E-state index in [9.17, 15) is 23.6 Å². The van der Waals surface area contributed by atoms with Crippen molar-refractivity contribution in [2.24, 2.45) is 7.05 Å². The van der Waals surface area contributed by atoms with Crippen LogP contribution < -0.4 is 4.72 Å². The number of phenolic OH excluding ortho intramolecular Hbond substituents is 1.